The Morgan fingerprint density at radius 1 is 1.23 bits per heavy atom. The number of hydrogen-bond donors (Lipinski definition) is 0. The number of benzene rings is 1. The molecule has 0 spiro atoms. The molecule has 3 nitrogen and oxygen atoms in total. The van der Waals surface area contributed by atoms with Crippen LogP contribution in [0.15, 0.2) is 60.2 Å². The molecule has 0 aliphatic rings. The van der Waals surface area contributed by atoms with Gasteiger partial charge in [0.15, 0.2) is 0 Å². The average Bonchev–Trinajstić information content (AvgIpc) is 3.07. The standard InChI is InChI=1S/C21H26Cl2N2O/c1-16(2)5-4-6-17(3)9-12-26-21(14-25-11-10-24-15-25)19-8-7-18(22)13-20(19)23/h5,7-11,13,15,21H,4,6,12,14H2,1-3H3. The number of hydrogen-bond acceptors (Lipinski definition) is 2. The topological polar surface area (TPSA) is 27.1 Å². The SMILES string of the molecule is CC(C)=CCCC(C)=CCOC(Cn1ccnc1)c1ccc(Cl)cc1Cl. The molecule has 0 amide bonds. The highest BCUT2D eigenvalue weighted by Gasteiger charge is 2.16. The summed E-state index contributed by atoms with van der Waals surface area (Å²) in [5.74, 6) is 0. The molecule has 0 saturated carbocycles. The Bertz CT molecular complexity index is 747. The second-order valence-corrected chi connectivity index (χ2v) is 7.46. The first-order valence-electron chi connectivity index (χ1n) is 8.77. The maximum atomic E-state index is 6.39. The highest BCUT2D eigenvalue weighted by molar-refractivity contribution is 6.35. The lowest BCUT2D eigenvalue weighted by Gasteiger charge is -2.20. The van der Waals surface area contributed by atoms with Gasteiger partial charge in [0.05, 0.1) is 19.5 Å². The number of aromatic nitrogens is 2. The van der Waals surface area contributed by atoms with E-state index in [1.165, 1.54) is 11.1 Å². The summed E-state index contributed by atoms with van der Waals surface area (Å²) in [4.78, 5) is 4.10. The zero-order chi connectivity index (χ0) is 18.9. The predicted octanol–water partition coefficient (Wildman–Crippen LogP) is 6.64. The van der Waals surface area contributed by atoms with Gasteiger partial charge in [-0.25, -0.2) is 4.98 Å². The van der Waals surface area contributed by atoms with Gasteiger partial charge in [0.25, 0.3) is 0 Å². The highest BCUT2D eigenvalue weighted by Crippen LogP contribution is 2.29. The minimum absolute atomic E-state index is 0.171. The number of halogens is 2. The molecule has 26 heavy (non-hydrogen) atoms. The second-order valence-electron chi connectivity index (χ2n) is 6.62. The van der Waals surface area contributed by atoms with Crippen LogP contribution >= 0.6 is 23.2 Å². The normalized spacial score (nSPS) is 12.9. The molecule has 0 aliphatic carbocycles. The van der Waals surface area contributed by atoms with Gasteiger partial charge in [-0.05, 0) is 45.7 Å². The Balaban J connectivity index is 2.03. The van der Waals surface area contributed by atoms with E-state index in [-0.39, 0.29) is 6.10 Å². The molecular formula is C21H26Cl2N2O. The van der Waals surface area contributed by atoms with E-state index in [0.717, 1.165) is 18.4 Å². The van der Waals surface area contributed by atoms with Gasteiger partial charge >= 0.3 is 0 Å². The number of nitrogens with zero attached hydrogens (tertiary/aromatic N) is 2. The lowest BCUT2D eigenvalue weighted by molar-refractivity contribution is 0.0603. The summed E-state index contributed by atoms with van der Waals surface area (Å²) in [5.41, 5.74) is 3.61. The van der Waals surface area contributed by atoms with Gasteiger partial charge < -0.3 is 9.30 Å². The number of imidazole rings is 1. The molecule has 0 aliphatic heterocycles. The van der Waals surface area contributed by atoms with E-state index < -0.39 is 0 Å². The molecule has 140 valence electrons. The van der Waals surface area contributed by atoms with Gasteiger partial charge in [-0.15, -0.1) is 0 Å². The molecule has 0 fully saturated rings. The molecule has 5 heteroatoms. The van der Waals surface area contributed by atoms with E-state index in [1.807, 2.05) is 22.9 Å². The summed E-state index contributed by atoms with van der Waals surface area (Å²) in [7, 11) is 0. The lowest BCUT2D eigenvalue weighted by atomic mass is 10.1. The lowest BCUT2D eigenvalue weighted by Crippen LogP contribution is -2.13. The molecule has 1 aromatic heterocycles. The van der Waals surface area contributed by atoms with Crippen molar-refractivity contribution in [1.82, 2.24) is 9.55 Å². The molecule has 1 aromatic carbocycles. The van der Waals surface area contributed by atoms with Crippen molar-refractivity contribution in [2.75, 3.05) is 6.61 Å². The van der Waals surface area contributed by atoms with Crippen molar-refractivity contribution < 1.29 is 4.74 Å². The largest absolute Gasteiger partial charge is 0.368 e. The van der Waals surface area contributed by atoms with E-state index in [4.69, 9.17) is 27.9 Å². The van der Waals surface area contributed by atoms with Crippen molar-refractivity contribution in [3.8, 4) is 0 Å². The summed E-state index contributed by atoms with van der Waals surface area (Å²) in [6.45, 7) is 7.57. The van der Waals surface area contributed by atoms with Crippen molar-refractivity contribution >= 4 is 23.2 Å². The Morgan fingerprint density at radius 3 is 2.69 bits per heavy atom. The van der Waals surface area contributed by atoms with Crippen LogP contribution in [0.2, 0.25) is 10.0 Å². The van der Waals surface area contributed by atoms with Gasteiger partial charge in [-0.3, -0.25) is 0 Å². The molecular weight excluding hydrogens is 367 g/mol. The molecule has 1 atom stereocenters. The molecule has 1 heterocycles. The van der Waals surface area contributed by atoms with Crippen LogP contribution < -0.4 is 0 Å². The molecule has 2 aromatic rings. The minimum atomic E-state index is -0.171. The zero-order valence-corrected chi connectivity index (χ0v) is 17.1. The maximum absolute atomic E-state index is 6.39. The molecule has 0 bridgehead atoms. The summed E-state index contributed by atoms with van der Waals surface area (Å²) in [5, 5.41) is 1.24. The minimum Gasteiger partial charge on any atom is -0.368 e. The zero-order valence-electron chi connectivity index (χ0n) is 15.6. The van der Waals surface area contributed by atoms with Gasteiger partial charge in [0.2, 0.25) is 0 Å². The second kappa shape index (κ2) is 10.6. The maximum Gasteiger partial charge on any atom is 0.102 e. The number of allylic oxidation sites excluding steroid dienone is 3. The van der Waals surface area contributed by atoms with E-state index in [0.29, 0.717) is 23.2 Å². The molecule has 2 rings (SSSR count). The van der Waals surface area contributed by atoms with E-state index >= 15 is 0 Å². The van der Waals surface area contributed by atoms with Crippen molar-refractivity contribution in [3.05, 3.63) is 75.8 Å². The highest BCUT2D eigenvalue weighted by atomic mass is 35.5. The fourth-order valence-electron chi connectivity index (χ4n) is 2.59. The fraction of sp³-hybridized carbons (Fsp3) is 0.381. The first kappa shape index (κ1) is 20.8. The Kier molecular flexibility index (Phi) is 8.43. The smallest absolute Gasteiger partial charge is 0.102 e. The summed E-state index contributed by atoms with van der Waals surface area (Å²) in [6, 6.07) is 5.52. The van der Waals surface area contributed by atoms with Crippen molar-refractivity contribution in [2.24, 2.45) is 0 Å². The van der Waals surface area contributed by atoms with Gasteiger partial charge in [0.1, 0.15) is 6.10 Å². The first-order chi connectivity index (χ1) is 12.5. The van der Waals surface area contributed by atoms with Crippen LogP contribution in [0.3, 0.4) is 0 Å². The van der Waals surface area contributed by atoms with E-state index in [1.54, 1.807) is 18.6 Å². The van der Waals surface area contributed by atoms with Crippen LogP contribution in [0.4, 0.5) is 0 Å². The molecule has 1 unspecified atom stereocenters. The van der Waals surface area contributed by atoms with E-state index in [9.17, 15) is 0 Å². The van der Waals surface area contributed by atoms with Crippen LogP contribution in [0, 0.1) is 0 Å². The fourth-order valence-corrected chi connectivity index (χ4v) is 3.12. The number of ether oxygens (including phenoxy) is 1. The van der Waals surface area contributed by atoms with Gasteiger partial charge in [0, 0.05) is 28.0 Å². The average molecular weight is 393 g/mol. The third-order valence-electron chi connectivity index (χ3n) is 4.07. The Morgan fingerprint density at radius 2 is 2.04 bits per heavy atom. The van der Waals surface area contributed by atoms with Crippen molar-refractivity contribution in [1.29, 1.82) is 0 Å². The predicted molar refractivity (Wildman–Crippen MR) is 110 cm³/mol. The third kappa shape index (κ3) is 6.99. The first-order valence-corrected chi connectivity index (χ1v) is 9.52. The summed E-state index contributed by atoms with van der Waals surface area (Å²) >= 11 is 12.4. The van der Waals surface area contributed by atoms with Crippen molar-refractivity contribution in [3.63, 3.8) is 0 Å². The van der Waals surface area contributed by atoms with Crippen LogP contribution in [0.25, 0.3) is 0 Å². The Labute approximate surface area is 166 Å². The molecule has 0 saturated heterocycles. The van der Waals surface area contributed by atoms with Crippen LogP contribution in [0.1, 0.15) is 45.3 Å². The van der Waals surface area contributed by atoms with Crippen LogP contribution in [-0.4, -0.2) is 16.2 Å². The summed E-state index contributed by atoms with van der Waals surface area (Å²) < 4.78 is 8.14. The van der Waals surface area contributed by atoms with E-state index in [2.05, 4.69) is 37.9 Å². The van der Waals surface area contributed by atoms with Crippen LogP contribution in [-0.2, 0) is 11.3 Å². The van der Waals surface area contributed by atoms with Gasteiger partial charge in [-0.2, -0.15) is 0 Å². The Hall–Kier alpha value is -1.55. The van der Waals surface area contributed by atoms with Crippen LogP contribution in [0.5, 0.6) is 0 Å². The monoisotopic (exact) mass is 392 g/mol. The molecule has 0 radical (unpaired) electrons. The quantitative estimate of drug-likeness (QED) is 0.447. The number of rotatable bonds is 9. The third-order valence-corrected chi connectivity index (χ3v) is 4.63. The summed E-state index contributed by atoms with van der Waals surface area (Å²) in [6.07, 6.45) is 11.8. The molecule has 0 N–H and O–H groups in total. The van der Waals surface area contributed by atoms with Crippen molar-refractivity contribution in [2.45, 2.75) is 46.3 Å². The van der Waals surface area contributed by atoms with Gasteiger partial charge in [-0.1, -0.05) is 52.6 Å².